The molecular weight excluding hydrogens is 416 g/mol. The van der Waals surface area contributed by atoms with Crippen LogP contribution in [0.3, 0.4) is 0 Å². The van der Waals surface area contributed by atoms with Gasteiger partial charge in [-0.2, -0.15) is 0 Å². The zero-order chi connectivity index (χ0) is 23.3. The van der Waals surface area contributed by atoms with Crippen LogP contribution in [0.5, 0.6) is 0 Å². The molecule has 0 saturated carbocycles. The van der Waals surface area contributed by atoms with Crippen molar-refractivity contribution >= 4 is 22.5 Å². The molecule has 8 nitrogen and oxygen atoms in total. The molecular formula is C25H34N6O2. The first-order valence-corrected chi connectivity index (χ1v) is 11.7. The summed E-state index contributed by atoms with van der Waals surface area (Å²) in [6.07, 6.45) is 6.67. The number of fused-ring (bicyclic) bond motifs is 1. The van der Waals surface area contributed by atoms with Gasteiger partial charge in [-0.15, -0.1) is 0 Å². The van der Waals surface area contributed by atoms with E-state index in [0.717, 1.165) is 80.1 Å². The second-order valence-electron chi connectivity index (χ2n) is 9.06. The fourth-order valence-electron chi connectivity index (χ4n) is 4.14. The number of aliphatic hydroxyl groups excluding tert-OH is 1. The van der Waals surface area contributed by atoms with Crippen LogP contribution >= 0.6 is 0 Å². The van der Waals surface area contributed by atoms with Crippen LogP contribution in [0.4, 0.5) is 11.5 Å². The number of aromatic nitrogens is 3. The molecule has 1 fully saturated rings. The van der Waals surface area contributed by atoms with Crippen molar-refractivity contribution in [2.75, 3.05) is 44.0 Å². The second kappa shape index (κ2) is 10.4. The molecule has 1 saturated heterocycles. The number of aliphatic hydroxyl groups is 1. The van der Waals surface area contributed by atoms with Gasteiger partial charge >= 0.3 is 0 Å². The lowest BCUT2D eigenvalue weighted by Gasteiger charge is -2.30. The smallest absolute Gasteiger partial charge is 0.126 e. The maximum atomic E-state index is 9.99. The number of rotatable bonds is 9. The van der Waals surface area contributed by atoms with Crippen molar-refractivity contribution in [3.63, 3.8) is 0 Å². The number of unbranched alkanes of at least 4 members (excludes halogenated alkanes) is 1. The van der Waals surface area contributed by atoms with Gasteiger partial charge in [0.05, 0.1) is 42.3 Å². The minimum atomic E-state index is -0.447. The van der Waals surface area contributed by atoms with Gasteiger partial charge in [-0.25, -0.2) is 4.98 Å². The van der Waals surface area contributed by atoms with Gasteiger partial charge in [0.15, 0.2) is 0 Å². The van der Waals surface area contributed by atoms with Crippen LogP contribution < -0.4 is 11.1 Å². The van der Waals surface area contributed by atoms with E-state index < -0.39 is 5.54 Å². The number of hydrogen-bond donors (Lipinski definition) is 3. The molecule has 0 bridgehead atoms. The van der Waals surface area contributed by atoms with Crippen molar-refractivity contribution in [3.05, 3.63) is 42.4 Å². The first kappa shape index (κ1) is 23.4. The molecule has 3 aromatic rings. The topological polar surface area (TPSA) is 109 Å². The van der Waals surface area contributed by atoms with Crippen molar-refractivity contribution < 1.29 is 9.84 Å². The van der Waals surface area contributed by atoms with Gasteiger partial charge in [0.25, 0.3) is 0 Å². The number of nitrogens with zero attached hydrogens (tertiary/aromatic N) is 4. The Hall–Kier alpha value is -2.81. The molecule has 0 amide bonds. The predicted octanol–water partition coefficient (Wildman–Crippen LogP) is 3.46. The van der Waals surface area contributed by atoms with Crippen molar-refractivity contribution in [1.82, 2.24) is 19.9 Å². The monoisotopic (exact) mass is 450 g/mol. The first-order valence-electron chi connectivity index (χ1n) is 11.7. The maximum absolute atomic E-state index is 9.99. The zero-order valence-corrected chi connectivity index (χ0v) is 19.5. The third-order valence-corrected chi connectivity index (χ3v) is 6.18. The van der Waals surface area contributed by atoms with E-state index in [0.29, 0.717) is 11.3 Å². The Kier molecular flexibility index (Phi) is 7.37. The number of morpholine rings is 1. The zero-order valence-electron chi connectivity index (χ0n) is 19.5. The molecule has 33 heavy (non-hydrogen) atoms. The predicted molar refractivity (Wildman–Crippen MR) is 132 cm³/mol. The lowest BCUT2D eigenvalue weighted by molar-refractivity contribution is 0.0336. The molecule has 0 aliphatic carbocycles. The number of pyridine rings is 3. The molecule has 3 aromatic heterocycles. The Morgan fingerprint density at radius 2 is 1.94 bits per heavy atom. The molecule has 176 valence electrons. The molecule has 4 heterocycles. The summed E-state index contributed by atoms with van der Waals surface area (Å²) < 4.78 is 5.42. The van der Waals surface area contributed by atoms with Gasteiger partial charge in [0.2, 0.25) is 0 Å². The molecule has 0 spiro atoms. The third kappa shape index (κ3) is 5.76. The van der Waals surface area contributed by atoms with Gasteiger partial charge < -0.3 is 20.9 Å². The second-order valence-corrected chi connectivity index (χ2v) is 9.06. The average molecular weight is 451 g/mol. The molecule has 4 N–H and O–H groups in total. The van der Waals surface area contributed by atoms with E-state index in [9.17, 15) is 5.11 Å². The van der Waals surface area contributed by atoms with E-state index in [1.807, 2.05) is 25.4 Å². The lowest BCUT2D eigenvalue weighted by Crippen LogP contribution is -2.38. The Morgan fingerprint density at radius 3 is 2.64 bits per heavy atom. The number of nitrogens with one attached hydrogen (secondary N) is 1. The van der Waals surface area contributed by atoms with E-state index in [2.05, 4.69) is 39.2 Å². The van der Waals surface area contributed by atoms with E-state index >= 15 is 0 Å². The van der Waals surface area contributed by atoms with Gasteiger partial charge in [-0.1, -0.05) is 25.8 Å². The van der Waals surface area contributed by atoms with Crippen LogP contribution in [0.15, 0.2) is 36.7 Å². The Balaban J connectivity index is 1.56. The highest BCUT2D eigenvalue weighted by Crippen LogP contribution is 2.30. The number of nitrogens with two attached hydrogens (primary N) is 1. The average Bonchev–Trinajstić information content (AvgIpc) is 2.83. The molecule has 8 heteroatoms. The van der Waals surface area contributed by atoms with Crippen LogP contribution in [-0.4, -0.2) is 63.4 Å². The van der Waals surface area contributed by atoms with E-state index in [1.165, 1.54) is 0 Å². The highest BCUT2D eigenvalue weighted by molar-refractivity contribution is 5.91. The Bertz CT molecular complexity index is 1070. The van der Waals surface area contributed by atoms with Gasteiger partial charge in [-0.05, 0) is 25.5 Å². The van der Waals surface area contributed by atoms with E-state index in [4.69, 9.17) is 15.5 Å². The summed E-state index contributed by atoms with van der Waals surface area (Å²) in [5.74, 6) is 0.415. The molecule has 1 aliphatic heterocycles. The van der Waals surface area contributed by atoms with Gasteiger partial charge in [-0.3, -0.25) is 14.9 Å². The molecule has 4 rings (SSSR count). The number of ether oxygens (including phenoxy) is 1. The van der Waals surface area contributed by atoms with Crippen LogP contribution in [0.1, 0.15) is 38.8 Å². The summed E-state index contributed by atoms with van der Waals surface area (Å²) in [5, 5.41) is 13.5. The van der Waals surface area contributed by atoms with Crippen molar-refractivity contribution in [3.8, 4) is 11.1 Å². The maximum Gasteiger partial charge on any atom is 0.126 e. The molecule has 1 aliphatic rings. The van der Waals surface area contributed by atoms with Crippen LogP contribution in [0, 0.1) is 0 Å². The normalized spacial score (nSPS) is 16.6. The summed E-state index contributed by atoms with van der Waals surface area (Å²) in [6, 6.07) is 7.92. The number of nitrogen functional groups attached to an aromatic ring is 1. The van der Waals surface area contributed by atoms with Crippen LogP contribution in [0.2, 0.25) is 0 Å². The summed E-state index contributed by atoms with van der Waals surface area (Å²) >= 11 is 0. The summed E-state index contributed by atoms with van der Waals surface area (Å²) in [5.41, 5.74) is 10.9. The summed E-state index contributed by atoms with van der Waals surface area (Å²) in [4.78, 5) is 16.2. The minimum Gasteiger partial charge on any atom is -0.394 e. The van der Waals surface area contributed by atoms with Gasteiger partial charge in [0, 0.05) is 49.2 Å². The van der Waals surface area contributed by atoms with Gasteiger partial charge in [0.1, 0.15) is 11.3 Å². The van der Waals surface area contributed by atoms with E-state index in [1.54, 1.807) is 6.07 Å². The number of anilines is 2. The fourth-order valence-corrected chi connectivity index (χ4v) is 4.14. The summed E-state index contributed by atoms with van der Waals surface area (Å²) in [6.45, 7) is 8.46. The Morgan fingerprint density at radius 1 is 1.15 bits per heavy atom. The van der Waals surface area contributed by atoms with E-state index in [-0.39, 0.29) is 6.61 Å². The van der Waals surface area contributed by atoms with Crippen molar-refractivity contribution in [2.24, 2.45) is 0 Å². The highest BCUT2D eigenvalue weighted by atomic mass is 16.5. The lowest BCUT2D eigenvalue weighted by atomic mass is 9.95. The van der Waals surface area contributed by atoms with Crippen LogP contribution in [0.25, 0.3) is 22.2 Å². The first-order chi connectivity index (χ1) is 16.0. The third-order valence-electron chi connectivity index (χ3n) is 6.18. The van der Waals surface area contributed by atoms with Crippen molar-refractivity contribution in [2.45, 2.75) is 45.2 Å². The van der Waals surface area contributed by atoms with Crippen LogP contribution in [-0.2, 0) is 11.3 Å². The quantitative estimate of drug-likeness (QED) is 0.455. The highest BCUT2D eigenvalue weighted by Gasteiger charge is 2.24. The molecule has 0 aromatic carbocycles. The largest absolute Gasteiger partial charge is 0.394 e. The SMILES string of the molecule is CCCC[C@](C)(CO)Nc1cc(N)nc2cc(-c3ccc(CN4CCOCC4)nc3)cnc12. The fraction of sp³-hybridized carbons (Fsp3) is 0.480. The molecule has 0 radical (unpaired) electrons. The molecule has 0 unspecified atom stereocenters. The molecule has 1 atom stereocenters. The Labute approximate surface area is 195 Å². The minimum absolute atomic E-state index is 0.0251. The van der Waals surface area contributed by atoms with Crippen molar-refractivity contribution in [1.29, 1.82) is 0 Å². The standard InChI is InChI=1S/C25H34N6O2/c1-3-4-7-25(2,17-32)30-22-13-23(26)29-21-12-19(15-28-24(21)22)18-5-6-20(27-14-18)16-31-8-10-33-11-9-31/h5-6,12-15,32H,3-4,7-11,16-17H2,1-2H3,(H3,26,29,30)/t25-/m1/s1. The number of hydrogen-bond acceptors (Lipinski definition) is 8. The summed E-state index contributed by atoms with van der Waals surface area (Å²) in [7, 11) is 0.